The highest BCUT2D eigenvalue weighted by Gasteiger charge is 2.30. The van der Waals surface area contributed by atoms with Crippen LogP contribution in [-0.4, -0.2) is 54.7 Å². The van der Waals surface area contributed by atoms with Crippen LogP contribution in [0.15, 0.2) is 28.8 Å². The zero-order chi connectivity index (χ0) is 18.0. The first-order valence-electron chi connectivity index (χ1n) is 8.54. The van der Waals surface area contributed by atoms with Crippen LogP contribution < -0.4 is 4.74 Å². The minimum Gasteiger partial charge on any atom is -0.496 e. The molecule has 0 aliphatic carbocycles. The number of rotatable bonds is 4. The van der Waals surface area contributed by atoms with E-state index in [0.717, 1.165) is 41.4 Å². The first-order valence-corrected chi connectivity index (χ1v) is 8.54. The maximum absolute atomic E-state index is 12.8. The van der Waals surface area contributed by atoms with E-state index in [1.54, 1.807) is 7.11 Å². The SMILES string of the molecule is COc1ccccc1[C@H]1CN(C(=O)Cc2c(C)noc2C)CCN1C. The van der Waals surface area contributed by atoms with Gasteiger partial charge in [0.1, 0.15) is 11.5 Å². The van der Waals surface area contributed by atoms with Gasteiger partial charge in [0.15, 0.2) is 0 Å². The van der Waals surface area contributed by atoms with Crippen LogP contribution in [0.4, 0.5) is 0 Å². The second-order valence-corrected chi connectivity index (χ2v) is 6.56. The summed E-state index contributed by atoms with van der Waals surface area (Å²) in [6.45, 7) is 5.93. The molecular formula is C19H25N3O3. The Hall–Kier alpha value is -2.34. The van der Waals surface area contributed by atoms with E-state index in [1.165, 1.54) is 0 Å². The quantitative estimate of drug-likeness (QED) is 0.853. The van der Waals surface area contributed by atoms with Gasteiger partial charge in [0, 0.05) is 30.8 Å². The summed E-state index contributed by atoms with van der Waals surface area (Å²) in [6, 6.07) is 8.14. The van der Waals surface area contributed by atoms with Gasteiger partial charge < -0.3 is 14.2 Å². The molecule has 2 aromatic rings. The maximum atomic E-state index is 12.8. The van der Waals surface area contributed by atoms with Gasteiger partial charge in [-0.3, -0.25) is 9.69 Å². The maximum Gasteiger partial charge on any atom is 0.227 e. The molecule has 3 rings (SSSR count). The predicted molar refractivity (Wildman–Crippen MR) is 94.6 cm³/mol. The lowest BCUT2D eigenvalue weighted by molar-refractivity contribution is -0.133. The van der Waals surface area contributed by atoms with E-state index in [2.05, 4.69) is 23.2 Å². The van der Waals surface area contributed by atoms with Crippen molar-refractivity contribution in [2.75, 3.05) is 33.8 Å². The topological polar surface area (TPSA) is 58.8 Å². The summed E-state index contributed by atoms with van der Waals surface area (Å²) in [7, 11) is 3.77. The van der Waals surface area contributed by atoms with Gasteiger partial charge in [0.25, 0.3) is 0 Å². The average Bonchev–Trinajstić information content (AvgIpc) is 2.94. The molecular weight excluding hydrogens is 318 g/mol. The van der Waals surface area contributed by atoms with Crippen LogP contribution in [0, 0.1) is 13.8 Å². The number of para-hydroxylation sites is 1. The number of ether oxygens (including phenoxy) is 1. The van der Waals surface area contributed by atoms with Crippen LogP contribution in [0.25, 0.3) is 0 Å². The zero-order valence-electron chi connectivity index (χ0n) is 15.3. The molecule has 0 N–H and O–H groups in total. The monoisotopic (exact) mass is 343 g/mol. The van der Waals surface area contributed by atoms with E-state index in [4.69, 9.17) is 9.26 Å². The van der Waals surface area contributed by atoms with E-state index >= 15 is 0 Å². The number of amides is 1. The van der Waals surface area contributed by atoms with Gasteiger partial charge in [-0.25, -0.2) is 0 Å². The molecule has 1 fully saturated rings. The second-order valence-electron chi connectivity index (χ2n) is 6.56. The number of nitrogens with zero attached hydrogens (tertiary/aromatic N) is 3. The minimum absolute atomic E-state index is 0.113. The summed E-state index contributed by atoms with van der Waals surface area (Å²) < 4.78 is 10.7. The molecule has 1 aliphatic rings. The average molecular weight is 343 g/mol. The fraction of sp³-hybridized carbons (Fsp3) is 0.474. The Labute approximate surface area is 148 Å². The normalized spacial score (nSPS) is 18.4. The van der Waals surface area contributed by atoms with Gasteiger partial charge in [-0.2, -0.15) is 0 Å². The number of hydrogen-bond donors (Lipinski definition) is 0. The number of aromatic nitrogens is 1. The van der Waals surface area contributed by atoms with Crippen molar-refractivity contribution in [1.29, 1.82) is 0 Å². The van der Waals surface area contributed by atoms with Crippen LogP contribution in [-0.2, 0) is 11.2 Å². The highest BCUT2D eigenvalue weighted by molar-refractivity contribution is 5.79. The van der Waals surface area contributed by atoms with Gasteiger partial charge in [0.05, 0.1) is 25.3 Å². The van der Waals surface area contributed by atoms with Crippen molar-refractivity contribution in [3.8, 4) is 5.75 Å². The molecule has 0 saturated carbocycles. The minimum atomic E-state index is 0.113. The lowest BCUT2D eigenvalue weighted by Crippen LogP contribution is -2.49. The first kappa shape index (κ1) is 17.5. The number of carbonyl (C=O) groups is 1. The summed E-state index contributed by atoms with van der Waals surface area (Å²) in [5.74, 6) is 1.70. The number of likely N-dealkylation sites (N-methyl/N-ethyl adjacent to an activating group) is 1. The molecule has 6 nitrogen and oxygen atoms in total. The molecule has 25 heavy (non-hydrogen) atoms. The van der Waals surface area contributed by atoms with Crippen LogP contribution in [0.1, 0.15) is 28.6 Å². The third kappa shape index (κ3) is 3.54. The van der Waals surface area contributed by atoms with E-state index in [1.807, 2.05) is 36.9 Å². The lowest BCUT2D eigenvalue weighted by Gasteiger charge is -2.40. The van der Waals surface area contributed by atoms with Crippen molar-refractivity contribution in [2.24, 2.45) is 0 Å². The van der Waals surface area contributed by atoms with Gasteiger partial charge in [-0.15, -0.1) is 0 Å². The molecule has 0 spiro atoms. The number of aryl methyl sites for hydroxylation is 2. The van der Waals surface area contributed by atoms with E-state index in [9.17, 15) is 4.79 Å². The van der Waals surface area contributed by atoms with E-state index < -0.39 is 0 Å². The third-order valence-electron chi connectivity index (χ3n) is 5.01. The highest BCUT2D eigenvalue weighted by Crippen LogP contribution is 2.31. The predicted octanol–water partition coefficient (Wildman–Crippen LogP) is 2.36. The summed E-state index contributed by atoms with van der Waals surface area (Å²) in [5, 5.41) is 3.94. The van der Waals surface area contributed by atoms with Crippen molar-refractivity contribution in [2.45, 2.75) is 26.3 Å². The summed E-state index contributed by atoms with van der Waals surface area (Å²) >= 11 is 0. The van der Waals surface area contributed by atoms with Gasteiger partial charge in [-0.1, -0.05) is 23.4 Å². The van der Waals surface area contributed by atoms with Gasteiger partial charge >= 0.3 is 0 Å². The Morgan fingerprint density at radius 1 is 1.32 bits per heavy atom. The molecule has 1 saturated heterocycles. The largest absolute Gasteiger partial charge is 0.496 e. The molecule has 1 aliphatic heterocycles. The Balaban J connectivity index is 1.77. The fourth-order valence-corrected chi connectivity index (χ4v) is 3.40. The van der Waals surface area contributed by atoms with Crippen LogP contribution in [0.2, 0.25) is 0 Å². The molecule has 1 aromatic heterocycles. The standard InChI is InChI=1S/C19H25N3O3/c1-13-16(14(2)25-20-13)11-19(23)22-10-9-21(3)17(12-22)15-7-5-6-8-18(15)24-4/h5-8,17H,9-12H2,1-4H3/t17-/m1/s1. The number of carbonyl (C=O) groups excluding carboxylic acids is 1. The number of hydrogen-bond acceptors (Lipinski definition) is 5. The highest BCUT2D eigenvalue weighted by atomic mass is 16.5. The first-order chi connectivity index (χ1) is 12.0. The fourth-order valence-electron chi connectivity index (χ4n) is 3.40. The van der Waals surface area contributed by atoms with Gasteiger partial charge in [-0.05, 0) is 27.0 Å². The number of methoxy groups -OCH3 is 1. The molecule has 1 atom stereocenters. The van der Waals surface area contributed by atoms with Crippen molar-refractivity contribution in [1.82, 2.24) is 15.0 Å². The van der Waals surface area contributed by atoms with Crippen molar-refractivity contribution >= 4 is 5.91 Å². The van der Waals surface area contributed by atoms with Crippen molar-refractivity contribution < 1.29 is 14.1 Å². The molecule has 2 heterocycles. The molecule has 0 unspecified atom stereocenters. The molecule has 6 heteroatoms. The zero-order valence-corrected chi connectivity index (χ0v) is 15.3. The van der Waals surface area contributed by atoms with E-state index in [0.29, 0.717) is 13.0 Å². The summed E-state index contributed by atoms with van der Waals surface area (Å²) in [6.07, 6.45) is 0.337. The summed E-state index contributed by atoms with van der Waals surface area (Å²) in [4.78, 5) is 17.0. The van der Waals surface area contributed by atoms with Gasteiger partial charge in [0.2, 0.25) is 5.91 Å². The van der Waals surface area contributed by atoms with Crippen LogP contribution in [0.3, 0.4) is 0 Å². The lowest BCUT2D eigenvalue weighted by atomic mass is 10.0. The molecule has 0 bridgehead atoms. The smallest absolute Gasteiger partial charge is 0.227 e. The number of piperazine rings is 1. The van der Waals surface area contributed by atoms with Crippen molar-refractivity contribution in [3.63, 3.8) is 0 Å². The molecule has 0 radical (unpaired) electrons. The Morgan fingerprint density at radius 2 is 2.08 bits per heavy atom. The van der Waals surface area contributed by atoms with Crippen LogP contribution in [0.5, 0.6) is 5.75 Å². The van der Waals surface area contributed by atoms with Crippen molar-refractivity contribution in [3.05, 3.63) is 46.8 Å². The Bertz CT molecular complexity index is 737. The third-order valence-corrected chi connectivity index (χ3v) is 5.01. The number of benzene rings is 1. The Morgan fingerprint density at radius 3 is 2.76 bits per heavy atom. The van der Waals surface area contributed by atoms with Crippen LogP contribution >= 0.6 is 0 Å². The molecule has 1 aromatic carbocycles. The Kier molecular flexibility index (Phi) is 5.08. The molecule has 134 valence electrons. The molecule has 1 amide bonds. The summed E-state index contributed by atoms with van der Waals surface area (Å²) in [5.41, 5.74) is 2.81. The van der Waals surface area contributed by atoms with E-state index in [-0.39, 0.29) is 11.9 Å². The second kappa shape index (κ2) is 7.27.